The molecule has 1 saturated carbocycles. The number of hydrogen-bond donors (Lipinski definition) is 1. The number of hydrogen-bond acceptors (Lipinski definition) is 1. The zero-order valence-corrected chi connectivity index (χ0v) is 7.82. The maximum absolute atomic E-state index is 12.5. The zero-order chi connectivity index (χ0) is 9.90. The zero-order valence-electron chi connectivity index (χ0n) is 7.82. The Morgan fingerprint density at radius 3 is 2.38 bits per heavy atom. The lowest BCUT2D eigenvalue weighted by Crippen LogP contribution is -2.45. The van der Waals surface area contributed by atoms with Gasteiger partial charge in [-0.15, -0.1) is 0 Å². The van der Waals surface area contributed by atoms with Crippen LogP contribution in [0.25, 0.3) is 0 Å². The van der Waals surface area contributed by atoms with E-state index in [1.54, 1.807) is 0 Å². The first kappa shape index (κ1) is 10.8. The summed E-state index contributed by atoms with van der Waals surface area (Å²) in [5.41, 5.74) is 0. The molecule has 0 aliphatic heterocycles. The third kappa shape index (κ3) is 2.86. The molecular weight excluding hydrogens is 179 g/mol. The number of alkyl halides is 3. The minimum absolute atomic E-state index is 0.293. The summed E-state index contributed by atoms with van der Waals surface area (Å²) in [5.74, 6) is -1.12. The summed E-state index contributed by atoms with van der Waals surface area (Å²) in [4.78, 5) is 0. The van der Waals surface area contributed by atoms with E-state index in [0.717, 1.165) is 6.42 Å². The Bertz CT molecular complexity index is 153. The van der Waals surface area contributed by atoms with Crippen LogP contribution in [-0.4, -0.2) is 18.8 Å². The van der Waals surface area contributed by atoms with E-state index in [1.165, 1.54) is 0 Å². The molecule has 2 atom stereocenters. The molecule has 0 saturated heterocycles. The molecule has 0 radical (unpaired) electrons. The molecule has 0 spiro atoms. The van der Waals surface area contributed by atoms with Crippen LogP contribution in [0.2, 0.25) is 0 Å². The van der Waals surface area contributed by atoms with Gasteiger partial charge in [0.25, 0.3) is 0 Å². The van der Waals surface area contributed by atoms with Gasteiger partial charge in [-0.1, -0.05) is 19.8 Å². The van der Waals surface area contributed by atoms with Crippen LogP contribution in [0.4, 0.5) is 13.2 Å². The van der Waals surface area contributed by atoms with E-state index in [4.69, 9.17) is 0 Å². The summed E-state index contributed by atoms with van der Waals surface area (Å²) >= 11 is 0. The maximum atomic E-state index is 12.5. The lowest BCUT2D eigenvalue weighted by Gasteiger charge is -2.33. The van der Waals surface area contributed by atoms with E-state index in [1.807, 2.05) is 6.92 Å². The molecule has 1 aliphatic rings. The second-order valence-corrected chi connectivity index (χ2v) is 3.60. The van der Waals surface area contributed by atoms with Gasteiger partial charge < -0.3 is 5.32 Å². The molecule has 1 fully saturated rings. The van der Waals surface area contributed by atoms with Crippen molar-refractivity contribution in [3.05, 3.63) is 0 Å². The molecule has 0 bridgehead atoms. The van der Waals surface area contributed by atoms with Crippen molar-refractivity contribution >= 4 is 0 Å². The minimum Gasteiger partial charge on any atom is -0.314 e. The van der Waals surface area contributed by atoms with Gasteiger partial charge in [0.2, 0.25) is 0 Å². The molecule has 0 aromatic heterocycles. The molecule has 4 heteroatoms. The van der Waals surface area contributed by atoms with E-state index in [-0.39, 0.29) is 6.04 Å². The highest BCUT2D eigenvalue weighted by Crippen LogP contribution is 2.37. The predicted molar refractivity (Wildman–Crippen MR) is 45.5 cm³/mol. The largest absolute Gasteiger partial charge is 0.393 e. The van der Waals surface area contributed by atoms with Crippen LogP contribution in [0, 0.1) is 5.92 Å². The topological polar surface area (TPSA) is 12.0 Å². The van der Waals surface area contributed by atoms with Gasteiger partial charge in [-0.2, -0.15) is 13.2 Å². The number of halogens is 3. The molecule has 78 valence electrons. The van der Waals surface area contributed by atoms with Crippen LogP contribution in [-0.2, 0) is 0 Å². The van der Waals surface area contributed by atoms with Crippen LogP contribution in [0.3, 0.4) is 0 Å². The Morgan fingerprint density at radius 1 is 1.23 bits per heavy atom. The first-order chi connectivity index (χ1) is 6.05. The molecule has 1 nitrogen and oxygen atoms in total. The Kier molecular flexibility index (Phi) is 3.59. The highest BCUT2D eigenvalue weighted by Gasteiger charge is 2.44. The Labute approximate surface area is 76.7 Å². The number of rotatable bonds is 2. The molecule has 0 heterocycles. The van der Waals surface area contributed by atoms with Crippen molar-refractivity contribution in [2.75, 3.05) is 6.54 Å². The molecule has 0 aromatic rings. The Morgan fingerprint density at radius 2 is 1.85 bits per heavy atom. The molecule has 2 unspecified atom stereocenters. The summed E-state index contributed by atoms with van der Waals surface area (Å²) in [5, 5.41) is 2.92. The molecular formula is C9H16F3N. The van der Waals surface area contributed by atoms with Gasteiger partial charge in [0.15, 0.2) is 0 Å². The van der Waals surface area contributed by atoms with Crippen molar-refractivity contribution in [1.82, 2.24) is 5.32 Å². The van der Waals surface area contributed by atoms with Crippen molar-refractivity contribution in [3.8, 4) is 0 Å². The van der Waals surface area contributed by atoms with Crippen LogP contribution in [0.1, 0.15) is 32.6 Å². The third-order valence-electron chi connectivity index (χ3n) is 2.65. The summed E-state index contributed by atoms with van der Waals surface area (Å²) in [6.07, 6.45) is -1.43. The second kappa shape index (κ2) is 4.31. The summed E-state index contributed by atoms with van der Waals surface area (Å²) in [6, 6.07) is -0.348. The average molecular weight is 195 g/mol. The Balaban J connectivity index is 2.56. The normalized spacial score (nSPS) is 30.5. The summed E-state index contributed by atoms with van der Waals surface area (Å²) < 4.78 is 37.4. The van der Waals surface area contributed by atoms with E-state index in [9.17, 15) is 13.2 Å². The van der Waals surface area contributed by atoms with E-state index >= 15 is 0 Å². The van der Waals surface area contributed by atoms with Gasteiger partial charge in [0.1, 0.15) is 0 Å². The molecule has 1 rings (SSSR count). The summed E-state index contributed by atoms with van der Waals surface area (Å²) in [6.45, 7) is 2.47. The summed E-state index contributed by atoms with van der Waals surface area (Å²) in [7, 11) is 0. The van der Waals surface area contributed by atoms with Crippen molar-refractivity contribution in [2.24, 2.45) is 5.92 Å². The standard InChI is InChI=1S/C9H16F3N/c1-2-13-8-6-4-3-5-7(8)9(10,11)12/h7-8,13H,2-6H2,1H3. The SMILES string of the molecule is CCNC1CCCCC1C(F)(F)F. The van der Waals surface area contributed by atoms with Crippen molar-refractivity contribution < 1.29 is 13.2 Å². The second-order valence-electron chi connectivity index (χ2n) is 3.60. The predicted octanol–water partition coefficient (Wildman–Crippen LogP) is 2.72. The van der Waals surface area contributed by atoms with E-state index in [2.05, 4.69) is 5.32 Å². The molecule has 1 aliphatic carbocycles. The smallest absolute Gasteiger partial charge is 0.314 e. The quantitative estimate of drug-likeness (QED) is 0.714. The fraction of sp³-hybridized carbons (Fsp3) is 1.00. The van der Waals surface area contributed by atoms with Crippen LogP contribution < -0.4 is 5.32 Å². The van der Waals surface area contributed by atoms with Crippen LogP contribution >= 0.6 is 0 Å². The van der Waals surface area contributed by atoms with Gasteiger partial charge in [-0.25, -0.2) is 0 Å². The fourth-order valence-electron chi connectivity index (χ4n) is 2.03. The van der Waals surface area contributed by atoms with Crippen LogP contribution in [0.5, 0.6) is 0 Å². The molecule has 13 heavy (non-hydrogen) atoms. The fourth-order valence-corrected chi connectivity index (χ4v) is 2.03. The number of nitrogens with one attached hydrogen (secondary N) is 1. The lowest BCUT2D eigenvalue weighted by atomic mass is 9.84. The Hall–Kier alpha value is -0.250. The van der Waals surface area contributed by atoms with Gasteiger partial charge in [-0.05, 0) is 19.4 Å². The van der Waals surface area contributed by atoms with Gasteiger partial charge in [0, 0.05) is 6.04 Å². The third-order valence-corrected chi connectivity index (χ3v) is 2.65. The van der Waals surface area contributed by atoms with Gasteiger partial charge in [0.05, 0.1) is 5.92 Å². The first-order valence-electron chi connectivity index (χ1n) is 4.85. The van der Waals surface area contributed by atoms with Gasteiger partial charge >= 0.3 is 6.18 Å². The van der Waals surface area contributed by atoms with E-state index in [0.29, 0.717) is 25.8 Å². The van der Waals surface area contributed by atoms with Crippen molar-refractivity contribution in [1.29, 1.82) is 0 Å². The molecule has 0 amide bonds. The van der Waals surface area contributed by atoms with Crippen molar-refractivity contribution in [3.63, 3.8) is 0 Å². The monoisotopic (exact) mass is 195 g/mol. The highest BCUT2D eigenvalue weighted by molar-refractivity contribution is 4.84. The van der Waals surface area contributed by atoms with Crippen LogP contribution in [0.15, 0.2) is 0 Å². The molecule has 1 N–H and O–H groups in total. The average Bonchev–Trinajstić information content (AvgIpc) is 2.04. The first-order valence-corrected chi connectivity index (χ1v) is 4.85. The molecule has 0 aromatic carbocycles. The van der Waals surface area contributed by atoms with Gasteiger partial charge in [-0.3, -0.25) is 0 Å². The highest BCUT2D eigenvalue weighted by atomic mass is 19.4. The van der Waals surface area contributed by atoms with E-state index < -0.39 is 12.1 Å². The maximum Gasteiger partial charge on any atom is 0.393 e. The van der Waals surface area contributed by atoms with Crippen molar-refractivity contribution in [2.45, 2.75) is 44.8 Å². The minimum atomic E-state index is -4.02. The lowest BCUT2D eigenvalue weighted by molar-refractivity contribution is -0.188.